The van der Waals surface area contributed by atoms with Gasteiger partial charge in [-0.2, -0.15) is 0 Å². The third-order valence-electron chi connectivity index (χ3n) is 3.80. The summed E-state index contributed by atoms with van der Waals surface area (Å²) >= 11 is 0. The Morgan fingerprint density at radius 2 is 2.13 bits per heavy atom. The van der Waals surface area contributed by atoms with Gasteiger partial charge in [-0.3, -0.25) is 4.79 Å². The molecule has 0 aliphatic carbocycles. The number of urea groups is 1. The average Bonchev–Trinajstić information content (AvgIpc) is 2.85. The number of fused-ring (bicyclic) bond motifs is 1. The van der Waals surface area contributed by atoms with Crippen LogP contribution < -0.4 is 16.1 Å². The molecular formula is C15H16N2O5S. The van der Waals surface area contributed by atoms with Crippen molar-refractivity contribution in [3.8, 4) is 0 Å². The van der Waals surface area contributed by atoms with E-state index in [2.05, 4.69) is 10.6 Å². The topological polar surface area (TPSA) is 105 Å². The Labute approximate surface area is 132 Å². The summed E-state index contributed by atoms with van der Waals surface area (Å²) in [5, 5.41) is 5.67. The van der Waals surface area contributed by atoms with Crippen molar-refractivity contribution in [3.05, 3.63) is 40.8 Å². The number of anilines is 1. The van der Waals surface area contributed by atoms with Crippen molar-refractivity contribution in [2.75, 3.05) is 23.4 Å². The van der Waals surface area contributed by atoms with Crippen molar-refractivity contribution in [2.45, 2.75) is 6.42 Å². The average molecular weight is 336 g/mol. The highest BCUT2D eigenvalue weighted by atomic mass is 32.2. The van der Waals surface area contributed by atoms with Gasteiger partial charge in [0.05, 0.1) is 23.2 Å². The highest BCUT2D eigenvalue weighted by molar-refractivity contribution is 7.91. The summed E-state index contributed by atoms with van der Waals surface area (Å²) in [6.07, 6.45) is 1.89. The number of hydrogen-bond donors (Lipinski definition) is 2. The van der Waals surface area contributed by atoms with Gasteiger partial charge in [-0.15, -0.1) is 0 Å². The summed E-state index contributed by atoms with van der Waals surface area (Å²) in [6.45, 7) is 0.306. The SMILES string of the molecule is O=C(NC[C@H]1CCS(=O)(=O)C1)Nc1ccc2occc(=O)c2c1. The Hall–Kier alpha value is -2.35. The first-order valence-corrected chi connectivity index (χ1v) is 9.02. The normalized spacial score (nSPS) is 19.6. The molecule has 8 heteroatoms. The predicted molar refractivity (Wildman–Crippen MR) is 86.3 cm³/mol. The van der Waals surface area contributed by atoms with Crippen LogP contribution in [0.1, 0.15) is 6.42 Å². The van der Waals surface area contributed by atoms with Crippen LogP contribution in [0.3, 0.4) is 0 Å². The summed E-state index contributed by atoms with van der Waals surface area (Å²) in [5.74, 6) is 0.250. The van der Waals surface area contributed by atoms with Crippen molar-refractivity contribution >= 4 is 32.5 Å². The molecule has 7 nitrogen and oxygen atoms in total. The number of rotatable bonds is 3. The zero-order valence-corrected chi connectivity index (χ0v) is 13.1. The van der Waals surface area contributed by atoms with E-state index in [1.54, 1.807) is 18.2 Å². The van der Waals surface area contributed by atoms with E-state index in [1.807, 2.05) is 0 Å². The predicted octanol–water partition coefficient (Wildman–Crippen LogP) is 1.35. The molecule has 23 heavy (non-hydrogen) atoms. The van der Waals surface area contributed by atoms with Gasteiger partial charge >= 0.3 is 6.03 Å². The monoisotopic (exact) mass is 336 g/mol. The molecule has 0 saturated carbocycles. The van der Waals surface area contributed by atoms with Crippen molar-refractivity contribution in [3.63, 3.8) is 0 Å². The van der Waals surface area contributed by atoms with E-state index < -0.39 is 15.9 Å². The summed E-state index contributed by atoms with van der Waals surface area (Å²) in [6, 6.07) is 5.66. The molecule has 3 rings (SSSR count). The quantitative estimate of drug-likeness (QED) is 0.880. The highest BCUT2D eigenvalue weighted by Gasteiger charge is 2.27. The molecule has 1 aromatic carbocycles. The van der Waals surface area contributed by atoms with Crippen LogP contribution in [0, 0.1) is 5.92 Å². The van der Waals surface area contributed by atoms with Crippen molar-refractivity contribution < 1.29 is 17.6 Å². The molecule has 1 aliphatic heterocycles. The third kappa shape index (κ3) is 3.70. The van der Waals surface area contributed by atoms with Crippen LogP contribution in [0.25, 0.3) is 11.0 Å². The number of nitrogens with one attached hydrogen (secondary N) is 2. The first-order valence-electron chi connectivity index (χ1n) is 7.20. The second-order valence-corrected chi connectivity index (χ2v) is 7.83. The van der Waals surface area contributed by atoms with E-state index in [0.717, 1.165) is 0 Å². The van der Waals surface area contributed by atoms with E-state index in [9.17, 15) is 18.0 Å². The molecule has 0 bridgehead atoms. The van der Waals surface area contributed by atoms with Crippen molar-refractivity contribution in [1.29, 1.82) is 0 Å². The molecule has 1 saturated heterocycles. The largest absolute Gasteiger partial charge is 0.464 e. The highest BCUT2D eigenvalue weighted by Crippen LogP contribution is 2.18. The van der Waals surface area contributed by atoms with E-state index in [-0.39, 0.29) is 22.9 Å². The Bertz CT molecular complexity index is 903. The minimum absolute atomic E-state index is 0.0469. The molecular weight excluding hydrogens is 320 g/mol. The maximum absolute atomic E-state index is 11.9. The smallest absolute Gasteiger partial charge is 0.319 e. The molecule has 1 atom stereocenters. The first kappa shape index (κ1) is 15.5. The van der Waals surface area contributed by atoms with Crippen LogP contribution in [-0.4, -0.2) is 32.5 Å². The van der Waals surface area contributed by atoms with Gasteiger partial charge in [-0.1, -0.05) is 0 Å². The van der Waals surface area contributed by atoms with Crippen molar-refractivity contribution in [2.24, 2.45) is 5.92 Å². The molecule has 2 amide bonds. The molecule has 0 unspecified atom stereocenters. The fraction of sp³-hybridized carbons (Fsp3) is 0.333. The molecule has 2 heterocycles. The Morgan fingerprint density at radius 1 is 1.30 bits per heavy atom. The van der Waals surface area contributed by atoms with Gasteiger partial charge in [0.2, 0.25) is 0 Å². The molecule has 2 N–H and O–H groups in total. The lowest BCUT2D eigenvalue weighted by molar-refractivity contribution is 0.250. The summed E-state index contributed by atoms with van der Waals surface area (Å²) in [5.41, 5.74) is 0.721. The number of carbonyl (C=O) groups is 1. The fourth-order valence-electron chi connectivity index (χ4n) is 2.61. The fourth-order valence-corrected chi connectivity index (χ4v) is 4.47. The van der Waals surface area contributed by atoms with Crippen molar-refractivity contribution in [1.82, 2.24) is 5.32 Å². The summed E-state index contributed by atoms with van der Waals surface area (Å²) in [4.78, 5) is 23.6. The number of carbonyl (C=O) groups excluding carboxylic acids is 1. The molecule has 1 fully saturated rings. The molecule has 1 aromatic heterocycles. The maximum atomic E-state index is 11.9. The van der Waals surface area contributed by atoms with Gasteiger partial charge in [0.15, 0.2) is 15.3 Å². The zero-order chi connectivity index (χ0) is 16.4. The van der Waals surface area contributed by atoms with Gasteiger partial charge in [0, 0.05) is 18.3 Å². The molecule has 2 aromatic rings. The van der Waals surface area contributed by atoms with Crippen LogP contribution in [0.2, 0.25) is 0 Å². The van der Waals surface area contributed by atoms with Gasteiger partial charge < -0.3 is 15.1 Å². The van der Waals surface area contributed by atoms with Gasteiger partial charge in [-0.25, -0.2) is 13.2 Å². The van der Waals surface area contributed by atoms with Crippen LogP contribution >= 0.6 is 0 Å². The summed E-state index contributed by atoms with van der Waals surface area (Å²) < 4.78 is 27.9. The Morgan fingerprint density at radius 3 is 2.87 bits per heavy atom. The standard InChI is InChI=1S/C15H16N2O5S/c18-13-3-5-22-14-2-1-11(7-12(13)14)17-15(19)16-8-10-4-6-23(20,21)9-10/h1-3,5,7,10H,4,6,8-9H2,(H2,16,17,19)/t10-/m1/s1. The van der Waals surface area contributed by atoms with Crippen LogP contribution in [-0.2, 0) is 9.84 Å². The van der Waals surface area contributed by atoms with Crippen LogP contribution in [0.5, 0.6) is 0 Å². The van der Waals surface area contributed by atoms with Crippen LogP contribution in [0.4, 0.5) is 10.5 Å². The molecule has 0 spiro atoms. The minimum Gasteiger partial charge on any atom is -0.464 e. The van der Waals surface area contributed by atoms with E-state index in [4.69, 9.17) is 4.42 Å². The second kappa shape index (κ2) is 6.04. The lowest BCUT2D eigenvalue weighted by Crippen LogP contribution is -2.33. The Kier molecular flexibility index (Phi) is 4.08. The lowest BCUT2D eigenvalue weighted by Gasteiger charge is -2.11. The Balaban J connectivity index is 1.62. The minimum atomic E-state index is -2.95. The molecule has 1 aliphatic rings. The number of sulfone groups is 1. The lowest BCUT2D eigenvalue weighted by atomic mass is 10.1. The number of benzene rings is 1. The number of hydrogen-bond acceptors (Lipinski definition) is 5. The zero-order valence-electron chi connectivity index (χ0n) is 12.2. The van der Waals surface area contributed by atoms with Gasteiger partial charge in [-0.05, 0) is 30.5 Å². The van der Waals surface area contributed by atoms with Gasteiger partial charge in [0.1, 0.15) is 5.58 Å². The second-order valence-electron chi connectivity index (χ2n) is 5.60. The summed E-state index contributed by atoms with van der Waals surface area (Å²) in [7, 11) is -2.95. The third-order valence-corrected chi connectivity index (χ3v) is 5.63. The van der Waals surface area contributed by atoms with E-state index >= 15 is 0 Å². The molecule has 0 radical (unpaired) electrons. The maximum Gasteiger partial charge on any atom is 0.319 e. The van der Waals surface area contributed by atoms with E-state index in [1.165, 1.54) is 12.3 Å². The molecule has 122 valence electrons. The number of amides is 2. The van der Waals surface area contributed by atoms with Crippen LogP contribution in [0.15, 0.2) is 39.7 Å². The van der Waals surface area contributed by atoms with Gasteiger partial charge in [0.25, 0.3) is 0 Å². The van der Waals surface area contributed by atoms with E-state index in [0.29, 0.717) is 29.6 Å². The first-order chi connectivity index (χ1) is 10.9.